The van der Waals surface area contributed by atoms with Gasteiger partial charge in [0.2, 0.25) is 0 Å². The SMILES string of the molecule is CCn1c(C)cc(C(=O)NCC(N)C2CC2)c1C. The van der Waals surface area contributed by atoms with E-state index in [-0.39, 0.29) is 11.9 Å². The summed E-state index contributed by atoms with van der Waals surface area (Å²) in [6.07, 6.45) is 2.42. The van der Waals surface area contributed by atoms with Crippen LogP contribution in [0.1, 0.15) is 41.5 Å². The Morgan fingerprint density at radius 3 is 2.72 bits per heavy atom. The summed E-state index contributed by atoms with van der Waals surface area (Å²) in [4.78, 5) is 12.1. The van der Waals surface area contributed by atoms with Gasteiger partial charge in [-0.2, -0.15) is 0 Å². The Labute approximate surface area is 109 Å². The zero-order chi connectivity index (χ0) is 13.3. The minimum atomic E-state index is -0.00102. The molecule has 0 radical (unpaired) electrons. The van der Waals surface area contributed by atoms with Crippen LogP contribution in [0.3, 0.4) is 0 Å². The molecule has 4 nitrogen and oxygen atoms in total. The topological polar surface area (TPSA) is 60.0 Å². The van der Waals surface area contributed by atoms with Crippen LogP contribution in [0.25, 0.3) is 0 Å². The van der Waals surface area contributed by atoms with E-state index in [9.17, 15) is 4.79 Å². The molecule has 1 atom stereocenters. The maximum Gasteiger partial charge on any atom is 0.253 e. The lowest BCUT2D eigenvalue weighted by Crippen LogP contribution is -2.38. The van der Waals surface area contributed by atoms with Crippen molar-refractivity contribution in [3.05, 3.63) is 23.0 Å². The van der Waals surface area contributed by atoms with E-state index in [1.165, 1.54) is 12.8 Å². The third kappa shape index (κ3) is 2.58. The molecule has 100 valence electrons. The number of carbonyl (C=O) groups is 1. The molecule has 3 N–H and O–H groups in total. The zero-order valence-corrected chi connectivity index (χ0v) is 11.5. The standard InChI is InChI=1S/C14H23N3O/c1-4-17-9(2)7-12(10(17)3)14(18)16-8-13(15)11-5-6-11/h7,11,13H,4-6,8,15H2,1-3H3,(H,16,18). The lowest BCUT2D eigenvalue weighted by atomic mass is 10.2. The van der Waals surface area contributed by atoms with E-state index >= 15 is 0 Å². The predicted molar refractivity (Wildman–Crippen MR) is 72.6 cm³/mol. The van der Waals surface area contributed by atoms with Crippen LogP contribution < -0.4 is 11.1 Å². The molecule has 4 heteroatoms. The van der Waals surface area contributed by atoms with E-state index in [4.69, 9.17) is 5.73 Å². The summed E-state index contributed by atoms with van der Waals surface area (Å²) in [6.45, 7) is 7.59. The van der Waals surface area contributed by atoms with Gasteiger partial charge in [0.25, 0.3) is 5.91 Å². The molecular weight excluding hydrogens is 226 g/mol. The number of nitrogens with zero attached hydrogens (tertiary/aromatic N) is 1. The summed E-state index contributed by atoms with van der Waals surface area (Å²) in [5.74, 6) is 0.618. The highest BCUT2D eigenvalue weighted by Crippen LogP contribution is 2.31. The van der Waals surface area contributed by atoms with Gasteiger partial charge in [-0.15, -0.1) is 0 Å². The first kappa shape index (κ1) is 13.1. The summed E-state index contributed by atoms with van der Waals surface area (Å²) < 4.78 is 2.15. The smallest absolute Gasteiger partial charge is 0.253 e. The monoisotopic (exact) mass is 249 g/mol. The number of aryl methyl sites for hydroxylation is 1. The maximum absolute atomic E-state index is 12.1. The molecule has 18 heavy (non-hydrogen) atoms. The number of rotatable bonds is 5. The molecule has 1 amide bonds. The van der Waals surface area contributed by atoms with E-state index < -0.39 is 0 Å². The third-order valence-corrected chi connectivity index (χ3v) is 3.86. The maximum atomic E-state index is 12.1. The highest BCUT2D eigenvalue weighted by Gasteiger charge is 2.28. The van der Waals surface area contributed by atoms with Gasteiger partial charge in [0.1, 0.15) is 0 Å². The molecule has 0 aromatic carbocycles. The van der Waals surface area contributed by atoms with E-state index in [2.05, 4.69) is 16.8 Å². The van der Waals surface area contributed by atoms with Crippen LogP contribution in [0.4, 0.5) is 0 Å². The Bertz CT molecular complexity index is 446. The van der Waals surface area contributed by atoms with Crippen molar-refractivity contribution in [3.63, 3.8) is 0 Å². The molecule has 1 aliphatic carbocycles. The van der Waals surface area contributed by atoms with Gasteiger partial charge in [0.05, 0.1) is 5.56 Å². The minimum Gasteiger partial charge on any atom is -0.350 e. The molecule has 1 aromatic heterocycles. The second kappa shape index (κ2) is 5.14. The van der Waals surface area contributed by atoms with Crippen LogP contribution >= 0.6 is 0 Å². The van der Waals surface area contributed by atoms with E-state index in [0.717, 1.165) is 23.5 Å². The fraction of sp³-hybridized carbons (Fsp3) is 0.643. The number of aromatic nitrogens is 1. The van der Waals surface area contributed by atoms with Gasteiger partial charge >= 0.3 is 0 Å². The largest absolute Gasteiger partial charge is 0.350 e. The van der Waals surface area contributed by atoms with Gasteiger partial charge < -0.3 is 15.6 Å². The quantitative estimate of drug-likeness (QED) is 0.832. The van der Waals surface area contributed by atoms with Crippen molar-refractivity contribution in [1.29, 1.82) is 0 Å². The van der Waals surface area contributed by atoms with Crippen molar-refractivity contribution in [1.82, 2.24) is 9.88 Å². The fourth-order valence-corrected chi connectivity index (χ4v) is 2.51. The van der Waals surface area contributed by atoms with Gasteiger partial charge in [0.15, 0.2) is 0 Å². The molecule has 1 fully saturated rings. The summed E-state index contributed by atoms with van der Waals surface area (Å²) >= 11 is 0. The molecule has 1 unspecified atom stereocenters. The Morgan fingerprint density at radius 1 is 1.56 bits per heavy atom. The zero-order valence-electron chi connectivity index (χ0n) is 11.5. The first-order chi connectivity index (χ1) is 8.54. The Hall–Kier alpha value is -1.29. The molecule has 1 heterocycles. The molecule has 0 bridgehead atoms. The average molecular weight is 249 g/mol. The summed E-state index contributed by atoms with van der Waals surface area (Å²) in [5, 5.41) is 2.95. The molecular formula is C14H23N3O. The number of hydrogen-bond acceptors (Lipinski definition) is 2. The minimum absolute atomic E-state index is 0.00102. The normalized spacial score (nSPS) is 16.7. The average Bonchev–Trinajstić information content (AvgIpc) is 3.13. The summed E-state index contributed by atoms with van der Waals surface area (Å²) in [6, 6.07) is 2.07. The molecule has 0 aliphatic heterocycles. The van der Waals surface area contributed by atoms with Gasteiger partial charge in [-0.3, -0.25) is 4.79 Å². The van der Waals surface area contributed by atoms with Crippen molar-refractivity contribution in [2.45, 2.75) is 46.2 Å². The second-order valence-electron chi connectivity index (χ2n) is 5.24. The third-order valence-electron chi connectivity index (χ3n) is 3.86. The van der Waals surface area contributed by atoms with Gasteiger partial charge in [-0.05, 0) is 45.6 Å². The van der Waals surface area contributed by atoms with Crippen LogP contribution in [0.5, 0.6) is 0 Å². The first-order valence-electron chi connectivity index (χ1n) is 6.75. The number of carbonyl (C=O) groups excluding carboxylic acids is 1. The van der Waals surface area contributed by atoms with Crippen molar-refractivity contribution in [2.75, 3.05) is 6.54 Å². The van der Waals surface area contributed by atoms with E-state index in [0.29, 0.717) is 12.5 Å². The molecule has 0 saturated heterocycles. The van der Waals surface area contributed by atoms with Crippen LogP contribution in [0, 0.1) is 19.8 Å². The van der Waals surface area contributed by atoms with Crippen molar-refractivity contribution < 1.29 is 4.79 Å². The van der Waals surface area contributed by atoms with Crippen LogP contribution in [0.2, 0.25) is 0 Å². The highest BCUT2D eigenvalue weighted by molar-refractivity contribution is 5.95. The Balaban J connectivity index is 1.99. The molecule has 1 saturated carbocycles. The molecule has 2 rings (SSSR count). The van der Waals surface area contributed by atoms with Gasteiger partial charge in [-0.25, -0.2) is 0 Å². The molecule has 0 spiro atoms. The fourth-order valence-electron chi connectivity index (χ4n) is 2.51. The summed E-state index contributed by atoms with van der Waals surface area (Å²) in [7, 11) is 0. The van der Waals surface area contributed by atoms with Crippen molar-refractivity contribution in [2.24, 2.45) is 11.7 Å². The first-order valence-corrected chi connectivity index (χ1v) is 6.75. The van der Waals surface area contributed by atoms with Crippen LogP contribution in [-0.2, 0) is 6.54 Å². The molecule has 1 aromatic rings. The van der Waals surface area contributed by atoms with Crippen LogP contribution in [0.15, 0.2) is 6.07 Å². The highest BCUT2D eigenvalue weighted by atomic mass is 16.1. The second-order valence-corrected chi connectivity index (χ2v) is 5.24. The number of hydrogen-bond donors (Lipinski definition) is 2. The van der Waals surface area contributed by atoms with Crippen molar-refractivity contribution in [3.8, 4) is 0 Å². The Kier molecular flexibility index (Phi) is 3.76. The number of nitrogens with two attached hydrogens (primary N) is 1. The molecule has 1 aliphatic rings. The number of amides is 1. The van der Waals surface area contributed by atoms with Crippen molar-refractivity contribution >= 4 is 5.91 Å². The van der Waals surface area contributed by atoms with Crippen LogP contribution in [-0.4, -0.2) is 23.1 Å². The number of nitrogens with one attached hydrogen (secondary N) is 1. The summed E-state index contributed by atoms with van der Waals surface area (Å²) in [5.41, 5.74) is 8.93. The Morgan fingerprint density at radius 2 is 2.22 bits per heavy atom. The predicted octanol–water partition coefficient (Wildman–Crippen LogP) is 1.59. The van der Waals surface area contributed by atoms with E-state index in [1.54, 1.807) is 0 Å². The van der Waals surface area contributed by atoms with Gasteiger partial charge in [-0.1, -0.05) is 0 Å². The lowest BCUT2D eigenvalue weighted by molar-refractivity contribution is 0.0949. The van der Waals surface area contributed by atoms with E-state index in [1.807, 2.05) is 19.9 Å². The lowest BCUT2D eigenvalue weighted by Gasteiger charge is -2.11. The van der Waals surface area contributed by atoms with Gasteiger partial charge in [0, 0.05) is 30.5 Å².